The van der Waals surface area contributed by atoms with E-state index >= 15 is 0 Å². The van der Waals surface area contributed by atoms with Gasteiger partial charge in [-0.25, -0.2) is 0 Å². The van der Waals surface area contributed by atoms with E-state index in [9.17, 15) is 14.4 Å². The van der Waals surface area contributed by atoms with Crippen LogP contribution < -0.4 is 5.32 Å². The topological polar surface area (TPSA) is 83.5 Å². The minimum atomic E-state index is -0.883. The van der Waals surface area contributed by atoms with E-state index in [1.165, 1.54) is 5.56 Å². The zero-order valence-corrected chi connectivity index (χ0v) is 13.1. The molecule has 0 bridgehead atoms. The molecule has 1 atom stereocenters. The number of ketones is 1. The maximum atomic E-state index is 12.0. The predicted molar refractivity (Wildman–Crippen MR) is 83.9 cm³/mol. The first-order valence-electron chi connectivity index (χ1n) is 7.55. The lowest BCUT2D eigenvalue weighted by Crippen LogP contribution is -2.33. The van der Waals surface area contributed by atoms with Crippen LogP contribution in [0.2, 0.25) is 0 Å². The van der Waals surface area contributed by atoms with Crippen molar-refractivity contribution in [3.63, 3.8) is 0 Å². The van der Waals surface area contributed by atoms with Gasteiger partial charge in [-0.05, 0) is 25.3 Å². The summed E-state index contributed by atoms with van der Waals surface area (Å²) in [4.78, 5) is 34.2. The zero-order chi connectivity index (χ0) is 16.5. The highest BCUT2D eigenvalue weighted by Gasteiger charge is 2.12. The molecule has 0 aromatic heterocycles. The van der Waals surface area contributed by atoms with Gasteiger partial charge in [0, 0.05) is 30.9 Å². The lowest BCUT2D eigenvalue weighted by molar-refractivity contribution is -0.137. The summed E-state index contributed by atoms with van der Waals surface area (Å²) in [6, 6.07) is 7.20. The van der Waals surface area contributed by atoms with Crippen LogP contribution in [-0.4, -0.2) is 28.8 Å². The van der Waals surface area contributed by atoms with Crippen LogP contribution >= 0.6 is 0 Å². The van der Waals surface area contributed by atoms with E-state index in [4.69, 9.17) is 5.11 Å². The molecule has 1 unspecified atom stereocenters. The third kappa shape index (κ3) is 6.52. The van der Waals surface area contributed by atoms with E-state index in [0.29, 0.717) is 12.0 Å². The Morgan fingerprint density at radius 3 is 2.27 bits per heavy atom. The first kappa shape index (κ1) is 17.9. The average Bonchev–Trinajstić information content (AvgIpc) is 2.50. The van der Waals surface area contributed by atoms with Crippen molar-refractivity contribution in [2.75, 3.05) is 0 Å². The number of benzene rings is 1. The van der Waals surface area contributed by atoms with Crippen molar-refractivity contribution in [3.05, 3.63) is 35.4 Å². The molecule has 0 aliphatic heterocycles. The third-order valence-electron chi connectivity index (χ3n) is 3.46. The van der Waals surface area contributed by atoms with E-state index in [2.05, 4.69) is 5.32 Å². The first-order chi connectivity index (χ1) is 10.4. The van der Waals surface area contributed by atoms with Crippen LogP contribution in [0.15, 0.2) is 24.3 Å². The Hall–Kier alpha value is -2.17. The molecule has 120 valence electrons. The van der Waals surface area contributed by atoms with Gasteiger partial charge in [0.25, 0.3) is 0 Å². The molecular formula is C17H23NO4. The monoisotopic (exact) mass is 305 g/mol. The molecule has 0 heterocycles. The van der Waals surface area contributed by atoms with Crippen LogP contribution in [0, 0.1) is 0 Å². The Morgan fingerprint density at radius 2 is 1.73 bits per heavy atom. The fourth-order valence-corrected chi connectivity index (χ4v) is 2.06. The summed E-state index contributed by atoms with van der Waals surface area (Å²) < 4.78 is 0. The van der Waals surface area contributed by atoms with E-state index in [1.807, 2.05) is 19.1 Å². The van der Waals surface area contributed by atoms with E-state index in [-0.39, 0.29) is 37.0 Å². The van der Waals surface area contributed by atoms with Crippen LogP contribution in [0.4, 0.5) is 0 Å². The van der Waals surface area contributed by atoms with Crippen LogP contribution in [-0.2, 0) is 16.0 Å². The molecule has 2 N–H and O–H groups in total. The Kier molecular flexibility index (Phi) is 7.29. The quantitative estimate of drug-likeness (QED) is 0.687. The normalized spacial score (nSPS) is 11.7. The molecule has 0 aliphatic carbocycles. The minimum absolute atomic E-state index is 0.0180. The highest BCUT2D eigenvalue weighted by Crippen LogP contribution is 2.09. The van der Waals surface area contributed by atoms with Crippen molar-refractivity contribution in [2.24, 2.45) is 0 Å². The lowest BCUT2D eigenvalue weighted by Gasteiger charge is -2.12. The summed E-state index contributed by atoms with van der Waals surface area (Å²) in [5, 5.41) is 11.3. The number of amides is 1. The number of hydrogen-bond acceptors (Lipinski definition) is 3. The van der Waals surface area contributed by atoms with Crippen molar-refractivity contribution in [1.29, 1.82) is 0 Å². The number of carboxylic acids is 1. The SMILES string of the molecule is CCc1ccc(C(=O)CCC(=O)NC(C)CCC(=O)O)cc1. The molecule has 22 heavy (non-hydrogen) atoms. The zero-order valence-electron chi connectivity index (χ0n) is 13.1. The second-order valence-corrected chi connectivity index (χ2v) is 5.37. The smallest absolute Gasteiger partial charge is 0.303 e. The Balaban J connectivity index is 2.36. The standard InChI is InChI=1S/C17H23NO4/c1-3-13-5-7-14(8-6-13)15(19)9-10-16(20)18-12(2)4-11-17(21)22/h5-8,12H,3-4,9-11H2,1-2H3,(H,18,20)(H,21,22). The van der Waals surface area contributed by atoms with E-state index < -0.39 is 5.97 Å². The summed E-state index contributed by atoms with van der Waals surface area (Å²) in [7, 11) is 0. The van der Waals surface area contributed by atoms with Crippen molar-refractivity contribution in [3.8, 4) is 0 Å². The molecule has 0 spiro atoms. The van der Waals surface area contributed by atoms with Gasteiger partial charge in [0.15, 0.2) is 5.78 Å². The van der Waals surface area contributed by atoms with Gasteiger partial charge in [-0.2, -0.15) is 0 Å². The third-order valence-corrected chi connectivity index (χ3v) is 3.46. The van der Waals surface area contributed by atoms with E-state index in [1.54, 1.807) is 19.1 Å². The summed E-state index contributed by atoms with van der Waals surface area (Å²) in [5.74, 6) is -1.17. The fraction of sp³-hybridized carbons (Fsp3) is 0.471. The van der Waals surface area contributed by atoms with Gasteiger partial charge in [0.2, 0.25) is 5.91 Å². The van der Waals surface area contributed by atoms with E-state index in [0.717, 1.165) is 6.42 Å². The van der Waals surface area contributed by atoms with Crippen molar-refractivity contribution in [1.82, 2.24) is 5.32 Å². The molecule has 0 saturated heterocycles. The maximum absolute atomic E-state index is 12.0. The maximum Gasteiger partial charge on any atom is 0.303 e. The molecule has 1 aromatic rings. The number of hydrogen-bond donors (Lipinski definition) is 2. The highest BCUT2D eigenvalue weighted by molar-refractivity contribution is 5.98. The van der Waals surface area contributed by atoms with Crippen molar-refractivity contribution < 1.29 is 19.5 Å². The molecule has 1 rings (SSSR count). The lowest BCUT2D eigenvalue weighted by atomic mass is 10.0. The summed E-state index contributed by atoms with van der Waals surface area (Å²) in [5.41, 5.74) is 1.78. The Bertz CT molecular complexity index is 522. The number of aryl methyl sites for hydroxylation is 1. The van der Waals surface area contributed by atoms with Gasteiger partial charge in [0.05, 0.1) is 0 Å². The number of carboxylic acid groups (broad SMARTS) is 1. The Morgan fingerprint density at radius 1 is 1.09 bits per heavy atom. The van der Waals surface area contributed by atoms with Gasteiger partial charge in [-0.15, -0.1) is 0 Å². The number of aliphatic carboxylic acids is 1. The number of rotatable bonds is 9. The van der Waals surface area contributed by atoms with Gasteiger partial charge < -0.3 is 10.4 Å². The van der Waals surface area contributed by atoms with Crippen LogP contribution in [0.5, 0.6) is 0 Å². The molecule has 0 fully saturated rings. The van der Waals surface area contributed by atoms with Gasteiger partial charge in [0.1, 0.15) is 0 Å². The number of carbonyl (C=O) groups is 3. The second-order valence-electron chi connectivity index (χ2n) is 5.37. The molecule has 5 heteroatoms. The molecule has 0 radical (unpaired) electrons. The summed E-state index contributed by atoms with van der Waals surface area (Å²) >= 11 is 0. The average molecular weight is 305 g/mol. The molecular weight excluding hydrogens is 282 g/mol. The number of Topliss-reactive ketones (excluding diaryl/α,β-unsaturated/α-hetero) is 1. The minimum Gasteiger partial charge on any atom is -0.481 e. The first-order valence-corrected chi connectivity index (χ1v) is 7.55. The van der Waals surface area contributed by atoms with Crippen molar-refractivity contribution >= 4 is 17.7 Å². The van der Waals surface area contributed by atoms with Crippen LogP contribution in [0.25, 0.3) is 0 Å². The van der Waals surface area contributed by atoms with Crippen molar-refractivity contribution in [2.45, 2.75) is 52.0 Å². The number of nitrogens with one attached hydrogen (secondary N) is 1. The molecule has 1 amide bonds. The van der Waals surface area contributed by atoms with Crippen LogP contribution in [0.3, 0.4) is 0 Å². The molecule has 1 aromatic carbocycles. The molecule has 0 aliphatic rings. The molecule has 0 saturated carbocycles. The van der Waals surface area contributed by atoms with Gasteiger partial charge in [-0.3, -0.25) is 14.4 Å². The van der Waals surface area contributed by atoms with Gasteiger partial charge >= 0.3 is 5.97 Å². The summed E-state index contributed by atoms with van der Waals surface area (Å²) in [6.45, 7) is 3.80. The fourth-order valence-electron chi connectivity index (χ4n) is 2.06. The highest BCUT2D eigenvalue weighted by atomic mass is 16.4. The predicted octanol–water partition coefficient (Wildman–Crippen LogP) is 2.58. The largest absolute Gasteiger partial charge is 0.481 e. The summed E-state index contributed by atoms with van der Waals surface area (Å²) in [6.07, 6.45) is 1.59. The van der Waals surface area contributed by atoms with Crippen LogP contribution in [0.1, 0.15) is 55.5 Å². The number of carbonyl (C=O) groups excluding carboxylic acids is 2. The van der Waals surface area contributed by atoms with Gasteiger partial charge in [-0.1, -0.05) is 31.2 Å². The second kappa shape index (κ2) is 8.97. The Labute approximate surface area is 130 Å². The molecule has 5 nitrogen and oxygen atoms in total.